The first-order chi connectivity index (χ1) is 12.5. The number of hydrogen-bond donors (Lipinski definition) is 1. The van der Waals surface area contributed by atoms with Gasteiger partial charge < -0.3 is 5.32 Å². The van der Waals surface area contributed by atoms with Crippen LogP contribution in [0.2, 0.25) is 0 Å². The van der Waals surface area contributed by atoms with Crippen LogP contribution in [0.3, 0.4) is 0 Å². The Morgan fingerprint density at radius 2 is 1.88 bits per heavy atom. The van der Waals surface area contributed by atoms with Crippen LogP contribution in [0.4, 0.5) is 0 Å². The Kier molecular flexibility index (Phi) is 5.16. The Hall–Kier alpha value is -2.95. The summed E-state index contributed by atoms with van der Waals surface area (Å²) in [6.45, 7) is 5.72. The number of ketones is 1. The van der Waals surface area contributed by atoms with Crippen LogP contribution >= 0.6 is 0 Å². The van der Waals surface area contributed by atoms with Crippen LogP contribution in [0.15, 0.2) is 48.7 Å². The van der Waals surface area contributed by atoms with Gasteiger partial charge in [-0.2, -0.15) is 5.10 Å². The SMILES string of the molecule is CCCC(=O)C(=O)NC(C)c1cnn(-c2cccc3ccccc23)c1C. The average Bonchev–Trinajstić information content (AvgIpc) is 3.02. The second-order valence-electron chi connectivity index (χ2n) is 6.46. The molecule has 0 aliphatic carbocycles. The maximum Gasteiger partial charge on any atom is 0.287 e. The van der Waals surface area contributed by atoms with Crippen molar-refractivity contribution in [2.75, 3.05) is 0 Å². The fraction of sp³-hybridized carbons (Fsp3) is 0.286. The van der Waals surface area contributed by atoms with Crippen LogP contribution in [0.5, 0.6) is 0 Å². The van der Waals surface area contributed by atoms with E-state index in [1.807, 2.05) is 49.7 Å². The van der Waals surface area contributed by atoms with Crippen LogP contribution in [-0.4, -0.2) is 21.5 Å². The fourth-order valence-electron chi connectivity index (χ4n) is 3.18. The molecule has 0 aliphatic heterocycles. The monoisotopic (exact) mass is 349 g/mol. The Morgan fingerprint density at radius 3 is 2.65 bits per heavy atom. The van der Waals surface area contributed by atoms with Crippen LogP contribution in [-0.2, 0) is 9.59 Å². The van der Waals surface area contributed by atoms with Crippen LogP contribution < -0.4 is 5.32 Å². The molecular formula is C21H23N3O2. The minimum absolute atomic E-state index is 0.271. The van der Waals surface area contributed by atoms with E-state index in [1.165, 1.54) is 0 Å². The number of nitrogens with zero attached hydrogens (tertiary/aromatic N) is 2. The molecule has 0 radical (unpaired) electrons. The molecule has 1 aromatic heterocycles. The third kappa shape index (κ3) is 3.38. The molecule has 1 atom stereocenters. The molecule has 3 rings (SSSR count). The highest BCUT2D eigenvalue weighted by molar-refractivity contribution is 6.36. The Bertz CT molecular complexity index is 954. The smallest absolute Gasteiger partial charge is 0.287 e. The van der Waals surface area contributed by atoms with Gasteiger partial charge in [-0.05, 0) is 31.7 Å². The number of benzene rings is 2. The van der Waals surface area contributed by atoms with Crippen LogP contribution in [0.25, 0.3) is 16.5 Å². The maximum absolute atomic E-state index is 12.0. The lowest BCUT2D eigenvalue weighted by Crippen LogP contribution is -2.33. The van der Waals surface area contributed by atoms with Gasteiger partial charge in [-0.25, -0.2) is 4.68 Å². The largest absolute Gasteiger partial charge is 0.343 e. The summed E-state index contributed by atoms with van der Waals surface area (Å²) in [7, 11) is 0. The van der Waals surface area contributed by atoms with Gasteiger partial charge in [0.2, 0.25) is 5.78 Å². The van der Waals surface area contributed by atoms with E-state index in [-0.39, 0.29) is 18.2 Å². The van der Waals surface area contributed by atoms with E-state index in [9.17, 15) is 9.59 Å². The summed E-state index contributed by atoms with van der Waals surface area (Å²) >= 11 is 0. The summed E-state index contributed by atoms with van der Waals surface area (Å²) < 4.78 is 1.88. The van der Waals surface area contributed by atoms with E-state index in [2.05, 4.69) is 28.6 Å². The third-order valence-electron chi connectivity index (χ3n) is 4.59. The van der Waals surface area contributed by atoms with Gasteiger partial charge in [0, 0.05) is 23.1 Å². The second kappa shape index (κ2) is 7.52. The Balaban J connectivity index is 1.90. The van der Waals surface area contributed by atoms with E-state index in [0.717, 1.165) is 27.7 Å². The highest BCUT2D eigenvalue weighted by Gasteiger charge is 2.20. The zero-order valence-corrected chi connectivity index (χ0v) is 15.3. The van der Waals surface area contributed by atoms with E-state index in [1.54, 1.807) is 6.20 Å². The van der Waals surface area contributed by atoms with Crippen molar-refractivity contribution in [1.82, 2.24) is 15.1 Å². The summed E-state index contributed by atoms with van der Waals surface area (Å²) in [6.07, 6.45) is 2.69. The quantitative estimate of drug-likeness (QED) is 0.687. The molecule has 0 saturated carbocycles. The normalized spacial score (nSPS) is 12.1. The molecule has 1 unspecified atom stereocenters. The van der Waals surface area contributed by atoms with Gasteiger partial charge in [-0.3, -0.25) is 9.59 Å². The molecule has 1 N–H and O–H groups in total. The minimum atomic E-state index is -0.531. The standard InChI is InChI=1S/C21H23N3O2/c1-4-8-20(25)21(26)23-14(2)18-13-22-24(15(18)3)19-12-7-10-16-9-5-6-11-17(16)19/h5-7,9-14H,4,8H2,1-3H3,(H,23,26). The first-order valence-electron chi connectivity index (χ1n) is 8.89. The van der Waals surface area contributed by atoms with E-state index < -0.39 is 5.91 Å². The molecule has 0 saturated heterocycles. The van der Waals surface area contributed by atoms with Gasteiger partial charge in [0.15, 0.2) is 0 Å². The lowest BCUT2D eigenvalue weighted by molar-refractivity contribution is -0.138. The van der Waals surface area contributed by atoms with Gasteiger partial charge >= 0.3 is 0 Å². The third-order valence-corrected chi connectivity index (χ3v) is 4.59. The van der Waals surface area contributed by atoms with E-state index >= 15 is 0 Å². The molecule has 5 nitrogen and oxygen atoms in total. The number of hydrogen-bond acceptors (Lipinski definition) is 3. The lowest BCUT2D eigenvalue weighted by Gasteiger charge is -2.14. The van der Waals surface area contributed by atoms with Crippen molar-refractivity contribution >= 4 is 22.5 Å². The van der Waals surface area contributed by atoms with Crippen molar-refractivity contribution in [3.63, 3.8) is 0 Å². The molecule has 1 amide bonds. The van der Waals surface area contributed by atoms with Gasteiger partial charge in [-0.15, -0.1) is 0 Å². The van der Waals surface area contributed by atoms with E-state index in [4.69, 9.17) is 0 Å². The number of nitrogens with one attached hydrogen (secondary N) is 1. The summed E-state index contributed by atoms with van der Waals surface area (Å²) in [5.41, 5.74) is 2.83. The molecule has 0 fully saturated rings. The fourth-order valence-corrected chi connectivity index (χ4v) is 3.18. The minimum Gasteiger partial charge on any atom is -0.343 e. The highest BCUT2D eigenvalue weighted by Crippen LogP contribution is 2.25. The van der Waals surface area contributed by atoms with Crippen LogP contribution in [0.1, 0.15) is 44.0 Å². The van der Waals surface area contributed by atoms with E-state index in [0.29, 0.717) is 6.42 Å². The molecule has 2 aromatic carbocycles. The molecule has 0 aliphatic rings. The van der Waals surface area contributed by atoms with Crippen molar-refractivity contribution in [3.8, 4) is 5.69 Å². The zero-order valence-electron chi connectivity index (χ0n) is 15.3. The number of carbonyl (C=O) groups is 2. The summed E-state index contributed by atoms with van der Waals surface area (Å²) in [4.78, 5) is 23.7. The number of carbonyl (C=O) groups excluding carboxylic acids is 2. The Labute approximate surface area is 153 Å². The van der Waals surface area contributed by atoms with Crippen molar-refractivity contribution < 1.29 is 9.59 Å². The second-order valence-corrected chi connectivity index (χ2v) is 6.46. The predicted molar refractivity (Wildman–Crippen MR) is 102 cm³/mol. The summed E-state index contributed by atoms with van der Waals surface area (Å²) in [5, 5.41) is 9.57. The van der Waals surface area contributed by atoms with Gasteiger partial charge in [-0.1, -0.05) is 43.3 Å². The van der Waals surface area contributed by atoms with Crippen molar-refractivity contribution in [1.29, 1.82) is 0 Å². The average molecular weight is 349 g/mol. The molecule has 26 heavy (non-hydrogen) atoms. The number of fused-ring (bicyclic) bond motifs is 1. The molecule has 0 spiro atoms. The summed E-state index contributed by atoms with van der Waals surface area (Å²) in [6, 6.07) is 14.0. The molecule has 5 heteroatoms. The maximum atomic E-state index is 12.0. The van der Waals surface area contributed by atoms with Crippen molar-refractivity contribution in [3.05, 3.63) is 59.9 Å². The molecular weight excluding hydrogens is 326 g/mol. The Morgan fingerprint density at radius 1 is 1.15 bits per heavy atom. The van der Waals surface area contributed by atoms with Gasteiger partial charge in [0.25, 0.3) is 5.91 Å². The van der Waals surface area contributed by atoms with Gasteiger partial charge in [0.1, 0.15) is 0 Å². The molecule has 1 heterocycles. The first-order valence-corrected chi connectivity index (χ1v) is 8.89. The van der Waals surface area contributed by atoms with Crippen molar-refractivity contribution in [2.24, 2.45) is 0 Å². The molecule has 0 bridgehead atoms. The molecule has 134 valence electrons. The number of Topliss-reactive ketones (excluding diaryl/α,β-unsaturated/α-hetero) is 1. The topological polar surface area (TPSA) is 64.0 Å². The number of rotatable bonds is 6. The number of aromatic nitrogens is 2. The lowest BCUT2D eigenvalue weighted by atomic mass is 10.1. The van der Waals surface area contributed by atoms with Gasteiger partial charge in [0.05, 0.1) is 17.9 Å². The summed E-state index contributed by atoms with van der Waals surface area (Å²) in [5.74, 6) is -0.907. The van der Waals surface area contributed by atoms with Crippen molar-refractivity contribution in [2.45, 2.75) is 39.7 Å². The number of amides is 1. The predicted octanol–water partition coefficient (Wildman–Crippen LogP) is 3.88. The first kappa shape index (κ1) is 17.9. The zero-order chi connectivity index (χ0) is 18.7. The van der Waals surface area contributed by atoms with Crippen LogP contribution in [0, 0.1) is 6.92 Å². The molecule has 3 aromatic rings. The highest BCUT2D eigenvalue weighted by atomic mass is 16.2.